The van der Waals surface area contributed by atoms with E-state index in [9.17, 15) is 4.79 Å². The first-order chi connectivity index (χ1) is 7.24. The first-order valence-electron chi connectivity index (χ1n) is 4.52. The Hall–Kier alpha value is -2.02. The quantitative estimate of drug-likeness (QED) is 0.640. The molecule has 0 aromatic heterocycles. The van der Waals surface area contributed by atoms with Gasteiger partial charge in [0.2, 0.25) is 0 Å². The van der Waals surface area contributed by atoms with Crippen molar-refractivity contribution >= 4 is 5.97 Å². The van der Waals surface area contributed by atoms with E-state index in [0.29, 0.717) is 17.7 Å². The summed E-state index contributed by atoms with van der Waals surface area (Å²) in [5.74, 6) is 0.272. The first kappa shape index (κ1) is 9.53. The Bertz CT molecular complexity index is 448. The van der Waals surface area contributed by atoms with Gasteiger partial charge in [0.15, 0.2) is 6.10 Å². The van der Waals surface area contributed by atoms with Crippen molar-refractivity contribution in [1.82, 2.24) is 0 Å². The number of ether oxygens (including phenoxy) is 2. The molecule has 0 N–H and O–H groups in total. The van der Waals surface area contributed by atoms with Gasteiger partial charge in [-0.2, -0.15) is 5.26 Å². The molecule has 0 unspecified atom stereocenters. The lowest BCUT2D eigenvalue weighted by Gasteiger charge is -2.06. The van der Waals surface area contributed by atoms with Crippen LogP contribution >= 0.6 is 0 Å². The third kappa shape index (κ3) is 1.64. The fraction of sp³-hybridized carbons (Fsp3) is 0.273. The number of nitriles is 1. The van der Waals surface area contributed by atoms with Crippen molar-refractivity contribution in [2.75, 3.05) is 7.11 Å². The molecule has 0 radical (unpaired) electrons. The SMILES string of the molecule is COC(=O)[C@H]1Cc2cc(C#N)ccc2O1. The zero-order valence-electron chi connectivity index (χ0n) is 8.19. The summed E-state index contributed by atoms with van der Waals surface area (Å²) in [6.07, 6.45) is -0.101. The number of methoxy groups -OCH3 is 1. The van der Waals surface area contributed by atoms with Crippen LogP contribution in [0, 0.1) is 11.3 Å². The standard InChI is InChI=1S/C11H9NO3/c1-14-11(13)10-5-8-4-7(6-12)2-3-9(8)15-10/h2-4,10H,5H2,1H3/t10-/m1/s1. The fourth-order valence-electron chi connectivity index (χ4n) is 1.58. The maximum Gasteiger partial charge on any atom is 0.347 e. The van der Waals surface area contributed by atoms with E-state index in [-0.39, 0.29) is 5.97 Å². The van der Waals surface area contributed by atoms with Crippen molar-refractivity contribution < 1.29 is 14.3 Å². The highest BCUT2D eigenvalue weighted by Crippen LogP contribution is 2.29. The summed E-state index contributed by atoms with van der Waals surface area (Å²) in [7, 11) is 1.33. The maximum absolute atomic E-state index is 11.2. The van der Waals surface area contributed by atoms with Gasteiger partial charge in [-0.05, 0) is 23.8 Å². The summed E-state index contributed by atoms with van der Waals surface area (Å²) in [5.41, 5.74) is 1.45. The molecule has 0 amide bonds. The minimum Gasteiger partial charge on any atom is -0.478 e. The molecule has 1 aromatic rings. The van der Waals surface area contributed by atoms with Crippen molar-refractivity contribution in [1.29, 1.82) is 5.26 Å². The average molecular weight is 203 g/mol. The van der Waals surface area contributed by atoms with Gasteiger partial charge in [0.05, 0.1) is 18.7 Å². The molecule has 1 atom stereocenters. The molecular weight excluding hydrogens is 194 g/mol. The van der Waals surface area contributed by atoms with E-state index >= 15 is 0 Å². The van der Waals surface area contributed by atoms with Gasteiger partial charge in [0.25, 0.3) is 0 Å². The number of nitrogens with zero attached hydrogens (tertiary/aromatic N) is 1. The van der Waals surface area contributed by atoms with Gasteiger partial charge in [-0.1, -0.05) is 0 Å². The van der Waals surface area contributed by atoms with Crippen LogP contribution in [0.5, 0.6) is 5.75 Å². The van der Waals surface area contributed by atoms with E-state index in [1.807, 2.05) is 6.07 Å². The van der Waals surface area contributed by atoms with Crippen LogP contribution in [0.4, 0.5) is 0 Å². The molecule has 76 valence electrons. The zero-order chi connectivity index (χ0) is 10.8. The zero-order valence-corrected chi connectivity index (χ0v) is 8.19. The summed E-state index contributed by atoms with van der Waals surface area (Å²) in [6, 6.07) is 7.15. The van der Waals surface area contributed by atoms with Crippen LogP contribution in [0.1, 0.15) is 11.1 Å². The van der Waals surface area contributed by atoms with Crippen molar-refractivity contribution in [3.05, 3.63) is 29.3 Å². The van der Waals surface area contributed by atoms with Crippen LogP contribution in [-0.2, 0) is 16.0 Å². The third-order valence-electron chi connectivity index (χ3n) is 2.33. The van der Waals surface area contributed by atoms with Gasteiger partial charge in [0, 0.05) is 6.42 Å². The lowest BCUT2D eigenvalue weighted by molar-refractivity contribution is -0.147. The van der Waals surface area contributed by atoms with E-state index in [1.165, 1.54) is 7.11 Å². The van der Waals surface area contributed by atoms with Crippen LogP contribution in [0.3, 0.4) is 0 Å². The van der Waals surface area contributed by atoms with Crippen molar-refractivity contribution in [3.63, 3.8) is 0 Å². The number of hydrogen-bond acceptors (Lipinski definition) is 4. The summed E-state index contributed by atoms with van der Waals surface area (Å²) in [6.45, 7) is 0. The number of benzene rings is 1. The second-order valence-corrected chi connectivity index (χ2v) is 3.27. The molecule has 0 fully saturated rings. The highest BCUT2D eigenvalue weighted by Gasteiger charge is 2.29. The van der Waals surface area contributed by atoms with Gasteiger partial charge < -0.3 is 9.47 Å². The van der Waals surface area contributed by atoms with Gasteiger partial charge in [-0.3, -0.25) is 0 Å². The number of carbonyl (C=O) groups excluding carboxylic acids is 1. The predicted molar refractivity (Wildman–Crippen MR) is 51.3 cm³/mol. The maximum atomic E-state index is 11.2. The summed E-state index contributed by atoms with van der Waals surface area (Å²) < 4.78 is 9.97. The van der Waals surface area contributed by atoms with Crippen LogP contribution < -0.4 is 4.74 Å². The molecule has 1 aromatic carbocycles. The molecule has 4 heteroatoms. The molecule has 2 rings (SSSR count). The summed E-state index contributed by atoms with van der Waals surface area (Å²) in [4.78, 5) is 11.2. The second kappa shape index (κ2) is 3.62. The van der Waals surface area contributed by atoms with Crippen LogP contribution in [-0.4, -0.2) is 19.2 Å². The number of hydrogen-bond donors (Lipinski definition) is 0. The van der Waals surface area contributed by atoms with Crippen molar-refractivity contribution in [2.24, 2.45) is 0 Å². The first-order valence-corrected chi connectivity index (χ1v) is 4.52. The molecule has 1 heterocycles. The Kier molecular flexibility index (Phi) is 2.30. The van der Waals surface area contributed by atoms with Crippen LogP contribution in [0.25, 0.3) is 0 Å². The molecular formula is C11H9NO3. The van der Waals surface area contributed by atoms with Crippen molar-refractivity contribution in [3.8, 4) is 11.8 Å². The third-order valence-corrected chi connectivity index (χ3v) is 2.33. The van der Waals surface area contributed by atoms with E-state index in [0.717, 1.165) is 5.56 Å². The minimum atomic E-state index is -0.570. The van der Waals surface area contributed by atoms with Crippen LogP contribution in [0.15, 0.2) is 18.2 Å². The molecule has 0 spiro atoms. The Morgan fingerprint density at radius 2 is 2.47 bits per heavy atom. The Balaban J connectivity index is 2.24. The van der Waals surface area contributed by atoms with Gasteiger partial charge >= 0.3 is 5.97 Å². The van der Waals surface area contributed by atoms with Crippen LogP contribution in [0.2, 0.25) is 0 Å². The summed E-state index contributed by atoms with van der Waals surface area (Å²) in [5, 5.41) is 8.71. The number of carbonyl (C=O) groups is 1. The Morgan fingerprint density at radius 1 is 1.67 bits per heavy atom. The molecule has 15 heavy (non-hydrogen) atoms. The lowest BCUT2D eigenvalue weighted by Crippen LogP contribution is -2.26. The predicted octanol–water partition coefficient (Wildman–Crippen LogP) is 1.03. The number of rotatable bonds is 1. The Labute approximate surface area is 87.0 Å². The molecule has 1 aliphatic heterocycles. The van der Waals surface area contributed by atoms with E-state index in [4.69, 9.17) is 10.00 Å². The topological polar surface area (TPSA) is 59.3 Å². The number of fused-ring (bicyclic) bond motifs is 1. The molecule has 0 aliphatic carbocycles. The monoisotopic (exact) mass is 203 g/mol. The summed E-state index contributed by atoms with van der Waals surface area (Å²) >= 11 is 0. The van der Waals surface area contributed by atoms with Gasteiger partial charge in [0.1, 0.15) is 5.75 Å². The van der Waals surface area contributed by atoms with Gasteiger partial charge in [-0.15, -0.1) is 0 Å². The molecule has 0 saturated heterocycles. The Morgan fingerprint density at radius 3 is 3.13 bits per heavy atom. The molecule has 0 saturated carbocycles. The molecule has 0 bridgehead atoms. The minimum absolute atomic E-state index is 0.385. The van der Waals surface area contributed by atoms with E-state index in [2.05, 4.69) is 4.74 Å². The van der Waals surface area contributed by atoms with E-state index in [1.54, 1.807) is 18.2 Å². The lowest BCUT2D eigenvalue weighted by atomic mass is 10.1. The number of esters is 1. The normalized spacial score (nSPS) is 17.5. The van der Waals surface area contributed by atoms with Crippen molar-refractivity contribution in [2.45, 2.75) is 12.5 Å². The fourth-order valence-corrected chi connectivity index (χ4v) is 1.58. The molecule has 1 aliphatic rings. The second-order valence-electron chi connectivity index (χ2n) is 3.27. The average Bonchev–Trinajstić information content (AvgIpc) is 2.70. The van der Waals surface area contributed by atoms with E-state index < -0.39 is 6.10 Å². The highest BCUT2D eigenvalue weighted by atomic mass is 16.6. The molecule has 4 nitrogen and oxygen atoms in total. The largest absolute Gasteiger partial charge is 0.478 e. The van der Waals surface area contributed by atoms with Gasteiger partial charge in [-0.25, -0.2) is 4.79 Å². The smallest absolute Gasteiger partial charge is 0.347 e. The highest BCUT2D eigenvalue weighted by molar-refractivity contribution is 5.76.